The molecule has 0 aromatic heterocycles. The first kappa shape index (κ1) is 19.8. The standard InChI is InChI=1S/C24H30N2O3/c1-26(20-8-3-2-4-9-20)17-19-7-5-6-10-21(19)25-24(27)16-18-11-12-22-23(15-18)29-14-13-28-22/h5-7,10-12,15,20H,2-4,8-9,13-14,16-17H2,1H3,(H,25,27). The number of hydrogen-bond donors (Lipinski definition) is 1. The Balaban J connectivity index is 1.39. The summed E-state index contributed by atoms with van der Waals surface area (Å²) in [6, 6.07) is 14.5. The number of nitrogens with one attached hydrogen (secondary N) is 1. The third-order valence-electron chi connectivity index (χ3n) is 5.88. The molecular weight excluding hydrogens is 364 g/mol. The molecule has 0 radical (unpaired) electrons. The zero-order valence-corrected chi connectivity index (χ0v) is 17.2. The summed E-state index contributed by atoms with van der Waals surface area (Å²) in [6.45, 7) is 1.97. The predicted molar refractivity (Wildman–Crippen MR) is 115 cm³/mol. The summed E-state index contributed by atoms with van der Waals surface area (Å²) in [7, 11) is 2.20. The minimum atomic E-state index is -0.0190. The Morgan fingerprint density at radius 1 is 1.03 bits per heavy atom. The quantitative estimate of drug-likeness (QED) is 0.789. The van der Waals surface area contributed by atoms with Crippen molar-refractivity contribution in [3.05, 3.63) is 53.6 Å². The molecule has 2 aromatic rings. The minimum Gasteiger partial charge on any atom is -0.486 e. The van der Waals surface area contributed by atoms with Crippen LogP contribution in [-0.2, 0) is 17.8 Å². The Morgan fingerprint density at radius 3 is 2.62 bits per heavy atom. The molecule has 0 spiro atoms. The van der Waals surface area contributed by atoms with Crippen molar-refractivity contribution in [1.29, 1.82) is 0 Å². The van der Waals surface area contributed by atoms with Crippen LogP contribution in [-0.4, -0.2) is 37.1 Å². The average Bonchev–Trinajstić information content (AvgIpc) is 2.75. The highest BCUT2D eigenvalue weighted by atomic mass is 16.6. The number of amides is 1. The second-order valence-corrected chi connectivity index (χ2v) is 8.07. The third-order valence-corrected chi connectivity index (χ3v) is 5.88. The maximum absolute atomic E-state index is 12.7. The van der Waals surface area contributed by atoms with Gasteiger partial charge in [-0.2, -0.15) is 0 Å². The first-order valence-electron chi connectivity index (χ1n) is 10.7. The zero-order chi connectivity index (χ0) is 20.1. The van der Waals surface area contributed by atoms with Gasteiger partial charge in [0.15, 0.2) is 11.5 Å². The van der Waals surface area contributed by atoms with Gasteiger partial charge >= 0.3 is 0 Å². The number of carbonyl (C=O) groups excluding carboxylic acids is 1. The molecule has 1 fully saturated rings. The molecular formula is C24H30N2O3. The average molecular weight is 395 g/mol. The molecule has 0 bridgehead atoms. The van der Waals surface area contributed by atoms with Gasteiger partial charge in [-0.25, -0.2) is 0 Å². The molecule has 1 aliphatic heterocycles. The number of nitrogens with zero attached hydrogens (tertiary/aromatic N) is 1. The molecule has 1 N–H and O–H groups in total. The Labute approximate surface area is 173 Å². The molecule has 4 rings (SSSR count). The number of rotatable bonds is 6. The second-order valence-electron chi connectivity index (χ2n) is 8.07. The third kappa shape index (κ3) is 5.10. The molecule has 0 saturated heterocycles. The molecule has 2 aliphatic rings. The molecule has 5 heteroatoms. The van der Waals surface area contributed by atoms with Crippen molar-refractivity contribution in [2.24, 2.45) is 0 Å². The van der Waals surface area contributed by atoms with Crippen LogP contribution in [0.2, 0.25) is 0 Å². The van der Waals surface area contributed by atoms with E-state index in [9.17, 15) is 4.79 Å². The fourth-order valence-corrected chi connectivity index (χ4v) is 4.28. The van der Waals surface area contributed by atoms with Crippen molar-refractivity contribution in [2.75, 3.05) is 25.6 Å². The summed E-state index contributed by atoms with van der Waals surface area (Å²) in [6.07, 6.45) is 6.86. The van der Waals surface area contributed by atoms with E-state index in [0.717, 1.165) is 34.9 Å². The largest absolute Gasteiger partial charge is 0.486 e. The predicted octanol–water partition coefficient (Wildman–Crippen LogP) is 4.40. The molecule has 0 atom stereocenters. The molecule has 1 amide bonds. The van der Waals surface area contributed by atoms with Crippen LogP contribution < -0.4 is 14.8 Å². The van der Waals surface area contributed by atoms with Gasteiger partial charge in [-0.15, -0.1) is 0 Å². The van der Waals surface area contributed by atoms with E-state index < -0.39 is 0 Å². The van der Waals surface area contributed by atoms with Crippen LogP contribution in [0, 0.1) is 0 Å². The van der Waals surface area contributed by atoms with Crippen LogP contribution >= 0.6 is 0 Å². The number of fused-ring (bicyclic) bond motifs is 1. The van der Waals surface area contributed by atoms with E-state index in [1.807, 2.05) is 36.4 Å². The van der Waals surface area contributed by atoms with Crippen molar-refractivity contribution < 1.29 is 14.3 Å². The SMILES string of the molecule is CN(Cc1ccccc1NC(=O)Cc1ccc2c(c1)OCCO2)C1CCCCC1. The summed E-state index contributed by atoms with van der Waals surface area (Å²) in [5, 5.41) is 3.11. The normalized spacial score (nSPS) is 16.6. The van der Waals surface area contributed by atoms with E-state index in [0.29, 0.717) is 25.7 Å². The Kier molecular flexibility index (Phi) is 6.35. The van der Waals surface area contributed by atoms with E-state index in [1.165, 1.54) is 32.1 Å². The van der Waals surface area contributed by atoms with Gasteiger partial charge in [0.05, 0.1) is 6.42 Å². The number of ether oxygens (including phenoxy) is 2. The first-order chi connectivity index (χ1) is 14.2. The Hall–Kier alpha value is -2.53. The maximum atomic E-state index is 12.7. The Morgan fingerprint density at radius 2 is 1.79 bits per heavy atom. The summed E-state index contributed by atoms with van der Waals surface area (Å²) >= 11 is 0. The van der Waals surface area contributed by atoms with Gasteiger partial charge < -0.3 is 14.8 Å². The lowest BCUT2D eigenvalue weighted by molar-refractivity contribution is -0.115. The number of para-hydroxylation sites is 1. The van der Waals surface area contributed by atoms with Crippen LogP contribution in [0.25, 0.3) is 0 Å². The molecule has 1 aliphatic carbocycles. The number of carbonyl (C=O) groups is 1. The molecule has 29 heavy (non-hydrogen) atoms. The van der Waals surface area contributed by atoms with Gasteiger partial charge in [-0.1, -0.05) is 43.5 Å². The van der Waals surface area contributed by atoms with Crippen molar-refractivity contribution >= 4 is 11.6 Å². The topological polar surface area (TPSA) is 50.8 Å². The first-order valence-corrected chi connectivity index (χ1v) is 10.7. The van der Waals surface area contributed by atoms with Crippen molar-refractivity contribution in [1.82, 2.24) is 4.90 Å². The number of benzene rings is 2. The monoisotopic (exact) mass is 394 g/mol. The van der Waals surface area contributed by atoms with Gasteiger partial charge in [-0.05, 0) is 49.2 Å². The zero-order valence-electron chi connectivity index (χ0n) is 17.2. The lowest BCUT2D eigenvalue weighted by Crippen LogP contribution is -2.33. The summed E-state index contributed by atoms with van der Waals surface area (Å²) < 4.78 is 11.2. The van der Waals surface area contributed by atoms with Crippen LogP contribution in [0.15, 0.2) is 42.5 Å². The molecule has 5 nitrogen and oxygen atoms in total. The fraction of sp³-hybridized carbons (Fsp3) is 0.458. The second kappa shape index (κ2) is 9.31. The van der Waals surface area contributed by atoms with E-state index in [2.05, 4.69) is 23.3 Å². The van der Waals surface area contributed by atoms with Crippen molar-refractivity contribution in [3.63, 3.8) is 0 Å². The van der Waals surface area contributed by atoms with Gasteiger partial charge in [0.1, 0.15) is 13.2 Å². The lowest BCUT2D eigenvalue weighted by Gasteiger charge is -2.31. The number of anilines is 1. The van der Waals surface area contributed by atoms with Crippen LogP contribution in [0.3, 0.4) is 0 Å². The van der Waals surface area contributed by atoms with E-state index in [1.54, 1.807) is 0 Å². The summed E-state index contributed by atoms with van der Waals surface area (Å²) in [4.78, 5) is 15.1. The van der Waals surface area contributed by atoms with Gasteiger partial charge in [0, 0.05) is 18.3 Å². The Bertz CT molecular complexity index is 846. The van der Waals surface area contributed by atoms with Gasteiger partial charge in [-0.3, -0.25) is 9.69 Å². The van der Waals surface area contributed by atoms with Gasteiger partial charge in [0.2, 0.25) is 5.91 Å². The van der Waals surface area contributed by atoms with Crippen molar-refractivity contribution in [2.45, 2.75) is 51.1 Å². The van der Waals surface area contributed by atoms with E-state index in [4.69, 9.17) is 9.47 Å². The fourth-order valence-electron chi connectivity index (χ4n) is 4.28. The number of hydrogen-bond acceptors (Lipinski definition) is 4. The smallest absolute Gasteiger partial charge is 0.228 e. The van der Waals surface area contributed by atoms with Gasteiger partial charge in [0.25, 0.3) is 0 Å². The molecule has 1 heterocycles. The van der Waals surface area contributed by atoms with Crippen LogP contribution in [0.1, 0.15) is 43.2 Å². The van der Waals surface area contributed by atoms with Crippen LogP contribution in [0.5, 0.6) is 11.5 Å². The molecule has 2 aromatic carbocycles. The van der Waals surface area contributed by atoms with E-state index in [-0.39, 0.29) is 5.91 Å². The maximum Gasteiger partial charge on any atom is 0.228 e. The highest BCUT2D eigenvalue weighted by Gasteiger charge is 2.19. The molecule has 154 valence electrons. The lowest BCUT2D eigenvalue weighted by atomic mass is 9.94. The summed E-state index contributed by atoms with van der Waals surface area (Å²) in [5.41, 5.74) is 2.98. The highest BCUT2D eigenvalue weighted by Crippen LogP contribution is 2.31. The van der Waals surface area contributed by atoms with Crippen LogP contribution in [0.4, 0.5) is 5.69 Å². The molecule has 0 unspecified atom stereocenters. The minimum absolute atomic E-state index is 0.0190. The highest BCUT2D eigenvalue weighted by molar-refractivity contribution is 5.93. The molecule has 1 saturated carbocycles. The summed E-state index contributed by atoms with van der Waals surface area (Å²) in [5.74, 6) is 1.45. The van der Waals surface area contributed by atoms with E-state index >= 15 is 0 Å². The van der Waals surface area contributed by atoms with Crippen molar-refractivity contribution in [3.8, 4) is 11.5 Å².